The molecule has 0 fully saturated rings. The summed E-state index contributed by atoms with van der Waals surface area (Å²) in [6.07, 6.45) is 0. The van der Waals surface area contributed by atoms with Gasteiger partial charge in [-0.2, -0.15) is 0 Å². The molecule has 4 rings (SSSR count). The van der Waals surface area contributed by atoms with Crippen molar-refractivity contribution in [2.45, 2.75) is 24.4 Å². The minimum atomic E-state index is -4.09. The molecule has 0 spiro atoms. The molecule has 0 bridgehead atoms. The largest absolute Gasteiger partial charge is 0.502 e. The highest BCUT2D eigenvalue weighted by molar-refractivity contribution is 7.95. The lowest BCUT2D eigenvalue weighted by atomic mass is 10.1. The highest BCUT2D eigenvalue weighted by Crippen LogP contribution is 2.43. The maximum absolute atomic E-state index is 13.5. The van der Waals surface area contributed by atoms with Crippen LogP contribution in [0.15, 0.2) is 100 Å². The number of sulfone groups is 1. The third-order valence-corrected chi connectivity index (χ3v) is 7.08. The van der Waals surface area contributed by atoms with Gasteiger partial charge in [0, 0.05) is 6.54 Å². The van der Waals surface area contributed by atoms with Crippen LogP contribution in [0.25, 0.3) is 0 Å². The summed E-state index contributed by atoms with van der Waals surface area (Å²) in [5, 5.41) is 10.7. The molecule has 1 N–H and O–H groups in total. The van der Waals surface area contributed by atoms with Gasteiger partial charge in [0.25, 0.3) is 5.91 Å². The van der Waals surface area contributed by atoms with Crippen molar-refractivity contribution < 1.29 is 18.3 Å². The summed E-state index contributed by atoms with van der Waals surface area (Å²) in [4.78, 5) is 14.2. The summed E-state index contributed by atoms with van der Waals surface area (Å²) in [6, 6.07) is 23.7. The number of rotatable bonds is 5. The molecule has 1 amide bonds. The van der Waals surface area contributed by atoms with Gasteiger partial charge in [-0.15, -0.1) is 0 Å². The Morgan fingerprint density at radius 2 is 1.43 bits per heavy atom. The van der Waals surface area contributed by atoms with Gasteiger partial charge in [0.15, 0.2) is 5.76 Å². The minimum Gasteiger partial charge on any atom is -0.502 e. The first-order valence-electron chi connectivity index (χ1n) is 9.54. The summed E-state index contributed by atoms with van der Waals surface area (Å²) < 4.78 is 27.0. The van der Waals surface area contributed by atoms with E-state index in [2.05, 4.69) is 0 Å². The van der Waals surface area contributed by atoms with Crippen LogP contribution in [0, 0.1) is 6.92 Å². The van der Waals surface area contributed by atoms with E-state index in [9.17, 15) is 18.3 Å². The molecule has 1 heterocycles. The number of aliphatic hydroxyl groups is 1. The number of aryl methyl sites for hydroxylation is 1. The fourth-order valence-corrected chi connectivity index (χ4v) is 5.31. The van der Waals surface area contributed by atoms with Crippen LogP contribution >= 0.6 is 0 Å². The van der Waals surface area contributed by atoms with Gasteiger partial charge in [-0.1, -0.05) is 78.4 Å². The van der Waals surface area contributed by atoms with E-state index in [1.54, 1.807) is 36.4 Å². The van der Waals surface area contributed by atoms with Crippen molar-refractivity contribution >= 4 is 15.7 Å². The first kappa shape index (κ1) is 19.9. The topological polar surface area (TPSA) is 74.7 Å². The number of carbonyl (C=O) groups is 1. The molecule has 6 heteroatoms. The van der Waals surface area contributed by atoms with Gasteiger partial charge >= 0.3 is 0 Å². The first-order valence-corrected chi connectivity index (χ1v) is 11.0. The van der Waals surface area contributed by atoms with E-state index in [0.29, 0.717) is 5.56 Å². The average Bonchev–Trinajstić information content (AvgIpc) is 3.01. The molecular weight excluding hydrogens is 398 g/mol. The van der Waals surface area contributed by atoms with Crippen molar-refractivity contribution in [2.75, 3.05) is 0 Å². The second-order valence-corrected chi connectivity index (χ2v) is 9.18. The van der Waals surface area contributed by atoms with Crippen molar-refractivity contribution in [1.82, 2.24) is 4.90 Å². The molecule has 0 radical (unpaired) electrons. The van der Waals surface area contributed by atoms with E-state index < -0.39 is 27.5 Å². The number of hydrogen-bond acceptors (Lipinski definition) is 4. The van der Waals surface area contributed by atoms with Gasteiger partial charge in [0.1, 0.15) is 4.91 Å². The second-order valence-electron chi connectivity index (χ2n) is 7.26. The maximum Gasteiger partial charge on any atom is 0.290 e. The third-order valence-electron chi connectivity index (χ3n) is 5.19. The van der Waals surface area contributed by atoms with Gasteiger partial charge in [0.05, 0.1) is 10.9 Å². The molecule has 1 atom stereocenters. The molecule has 1 aliphatic rings. The van der Waals surface area contributed by atoms with Crippen LogP contribution < -0.4 is 0 Å². The van der Waals surface area contributed by atoms with Gasteiger partial charge in [-0.05, 0) is 30.2 Å². The lowest BCUT2D eigenvalue weighted by Crippen LogP contribution is -2.30. The summed E-state index contributed by atoms with van der Waals surface area (Å²) in [7, 11) is -4.09. The molecule has 0 aromatic heterocycles. The zero-order valence-corrected chi connectivity index (χ0v) is 17.2. The van der Waals surface area contributed by atoms with Crippen molar-refractivity contribution in [1.29, 1.82) is 0 Å². The molecule has 1 unspecified atom stereocenters. The van der Waals surface area contributed by atoms with E-state index in [1.807, 2.05) is 43.3 Å². The number of nitrogens with zero attached hydrogens (tertiary/aromatic N) is 1. The summed E-state index contributed by atoms with van der Waals surface area (Å²) in [5.74, 6) is -1.42. The van der Waals surface area contributed by atoms with E-state index in [-0.39, 0.29) is 16.3 Å². The molecule has 0 aliphatic carbocycles. The highest BCUT2D eigenvalue weighted by atomic mass is 32.2. The predicted molar refractivity (Wildman–Crippen MR) is 114 cm³/mol. The molecular formula is C24H21NO4S. The summed E-state index contributed by atoms with van der Waals surface area (Å²) in [5.41, 5.74) is 2.38. The van der Waals surface area contributed by atoms with E-state index >= 15 is 0 Å². The smallest absolute Gasteiger partial charge is 0.290 e. The van der Waals surface area contributed by atoms with Gasteiger partial charge in [-0.3, -0.25) is 4.79 Å². The Morgan fingerprint density at radius 3 is 2.03 bits per heavy atom. The molecule has 152 valence electrons. The molecule has 0 saturated heterocycles. The zero-order valence-electron chi connectivity index (χ0n) is 16.4. The van der Waals surface area contributed by atoms with Crippen molar-refractivity contribution in [3.63, 3.8) is 0 Å². The quantitative estimate of drug-likeness (QED) is 0.668. The van der Waals surface area contributed by atoms with E-state index in [1.165, 1.54) is 17.0 Å². The number of carbonyl (C=O) groups excluding carboxylic acids is 1. The van der Waals surface area contributed by atoms with Crippen LogP contribution in [-0.2, 0) is 21.2 Å². The summed E-state index contributed by atoms with van der Waals surface area (Å²) in [6.45, 7) is 2.04. The lowest BCUT2D eigenvalue weighted by Gasteiger charge is -2.27. The Hall–Kier alpha value is -3.38. The summed E-state index contributed by atoms with van der Waals surface area (Å²) >= 11 is 0. The van der Waals surface area contributed by atoms with Crippen molar-refractivity contribution in [2.24, 2.45) is 0 Å². The fraction of sp³-hybridized carbons (Fsp3) is 0.125. The molecule has 3 aromatic carbocycles. The first-order chi connectivity index (χ1) is 14.4. The van der Waals surface area contributed by atoms with Gasteiger partial charge in [0.2, 0.25) is 9.84 Å². The van der Waals surface area contributed by atoms with Crippen LogP contribution in [-0.4, -0.2) is 24.3 Å². The fourth-order valence-electron chi connectivity index (χ4n) is 3.66. The third kappa shape index (κ3) is 3.50. The molecule has 1 aliphatic heterocycles. The van der Waals surface area contributed by atoms with Gasteiger partial charge in [-0.25, -0.2) is 8.42 Å². The van der Waals surface area contributed by atoms with E-state index in [4.69, 9.17) is 0 Å². The molecule has 3 aromatic rings. The Balaban J connectivity index is 1.85. The number of aliphatic hydroxyl groups excluding tert-OH is 1. The average molecular weight is 420 g/mol. The Kier molecular flexibility index (Phi) is 5.18. The highest BCUT2D eigenvalue weighted by Gasteiger charge is 2.46. The number of hydrogen-bond donors (Lipinski definition) is 1. The molecule has 5 nitrogen and oxygen atoms in total. The Morgan fingerprint density at radius 1 is 0.867 bits per heavy atom. The Labute approximate surface area is 175 Å². The normalized spacial score (nSPS) is 16.9. The maximum atomic E-state index is 13.5. The van der Waals surface area contributed by atoms with Crippen LogP contribution in [0.4, 0.5) is 0 Å². The zero-order chi connectivity index (χ0) is 21.3. The SMILES string of the molecule is Cc1ccc(S(=O)(=O)C2=C(O)C(=O)N(Cc3ccccc3)C2c2ccccc2)cc1. The van der Waals surface area contributed by atoms with Crippen LogP contribution in [0.3, 0.4) is 0 Å². The second kappa shape index (κ2) is 7.80. The standard InChI is InChI=1S/C24H21NO4S/c1-17-12-14-20(15-13-17)30(28,29)23-21(19-10-6-3-7-11-19)25(24(27)22(23)26)16-18-8-4-2-5-9-18/h2-15,21,26H,16H2,1H3. The van der Waals surface area contributed by atoms with Crippen LogP contribution in [0.1, 0.15) is 22.7 Å². The Bertz CT molecular complexity index is 1200. The van der Waals surface area contributed by atoms with Crippen molar-refractivity contribution in [3.8, 4) is 0 Å². The van der Waals surface area contributed by atoms with Gasteiger partial charge < -0.3 is 10.0 Å². The van der Waals surface area contributed by atoms with Crippen molar-refractivity contribution in [3.05, 3.63) is 112 Å². The monoisotopic (exact) mass is 419 g/mol. The number of benzene rings is 3. The predicted octanol–water partition coefficient (Wildman–Crippen LogP) is 4.32. The molecule has 0 saturated carbocycles. The molecule has 30 heavy (non-hydrogen) atoms. The van der Waals surface area contributed by atoms with Crippen LogP contribution in [0.5, 0.6) is 0 Å². The lowest BCUT2D eigenvalue weighted by molar-refractivity contribution is -0.130. The van der Waals surface area contributed by atoms with Crippen LogP contribution in [0.2, 0.25) is 0 Å². The number of amides is 1. The van der Waals surface area contributed by atoms with E-state index in [0.717, 1.165) is 11.1 Å². The minimum absolute atomic E-state index is 0.0462.